The van der Waals surface area contributed by atoms with Crippen molar-refractivity contribution in [2.45, 2.75) is 53.1 Å². The van der Waals surface area contributed by atoms with Gasteiger partial charge in [0, 0.05) is 11.6 Å². The van der Waals surface area contributed by atoms with Crippen LogP contribution in [-0.4, -0.2) is 24.0 Å². The lowest BCUT2D eigenvalue weighted by Gasteiger charge is -2.26. The zero-order chi connectivity index (χ0) is 27.7. The highest BCUT2D eigenvalue weighted by Crippen LogP contribution is 2.42. The van der Waals surface area contributed by atoms with Gasteiger partial charge in [0.05, 0.1) is 30.2 Å². The molecule has 1 aliphatic rings. The largest absolute Gasteiger partial charge is 0.490 e. The summed E-state index contributed by atoms with van der Waals surface area (Å²) in [6.45, 7) is 9.21. The molecule has 0 radical (unpaired) electrons. The van der Waals surface area contributed by atoms with Gasteiger partial charge in [0.2, 0.25) is 5.76 Å². The molecule has 1 aliphatic heterocycles. The number of hydrogen-bond donors (Lipinski definition) is 0. The first-order valence-corrected chi connectivity index (χ1v) is 13.7. The molecule has 4 aromatic rings. The van der Waals surface area contributed by atoms with Crippen molar-refractivity contribution in [3.8, 4) is 11.5 Å². The third kappa shape index (κ3) is 5.13. The van der Waals surface area contributed by atoms with Gasteiger partial charge >= 0.3 is 0 Å². The Morgan fingerprint density at radius 3 is 2.44 bits per heavy atom. The lowest BCUT2D eigenvalue weighted by atomic mass is 9.97. The first-order valence-electron chi connectivity index (χ1n) is 13.3. The molecule has 6 nitrogen and oxygen atoms in total. The summed E-state index contributed by atoms with van der Waals surface area (Å²) in [5.41, 5.74) is 3.98. The number of carbonyl (C=O) groups excluding carboxylic acids is 1. The first kappa shape index (κ1) is 26.8. The maximum atomic E-state index is 14.0. The van der Waals surface area contributed by atoms with Crippen molar-refractivity contribution in [3.63, 3.8) is 0 Å². The number of amides is 1. The Labute approximate surface area is 233 Å². The SMILES string of the molecule is CCCCOc1ccc(C2c3c(oc4cc(C)c(Cl)cc4c3=O)C(=O)N2Cc2ccc(C)cc2)cc1OCC. The molecule has 0 fully saturated rings. The molecule has 1 aromatic heterocycles. The molecule has 3 aromatic carbocycles. The van der Waals surface area contributed by atoms with Gasteiger partial charge in [0.15, 0.2) is 16.9 Å². The lowest BCUT2D eigenvalue weighted by molar-refractivity contribution is 0.0714. The molecule has 1 atom stereocenters. The highest BCUT2D eigenvalue weighted by molar-refractivity contribution is 6.32. The Kier molecular flexibility index (Phi) is 7.67. The van der Waals surface area contributed by atoms with Crippen molar-refractivity contribution in [1.29, 1.82) is 0 Å². The van der Waals surface area contributed by atoms with Crippen molar-refractivity contribution in [3.05, 3.63) is 103 Å². The van der Waals surface area contributed by atoms with Gasteiger partial charge in [-0.15, -0.1) is 0 Å². The summed E-state index contributed by atoms with van der Waals surface area (Å²) in [5.74, 6) is 0.943. The highest BCUT2D eigenvalue weighted by atomic mass is 35.5. The van der Waals surface area contributed by atoms with Crippen LogP contribution >= 0.6 is 11.6 Å². The van der Waals surface area contributed by atoms with Crippen LogP contribution in [0, 0.1) is 13.8 Å². The van der Waals surface area contributed by atoms with E-state index < -0.39 is 6.04 Å². The number of ether oxygens (including phenoxy) is 2. The summed E-state index contributed by atoms with van der Waals surface area (Å²) < 4.78 is 18.0. The summed E-state index contributed by atoms with van der Waals surface area (Å²) in [5, 5.41) is 0.822. The molecule has 0 bridgehead atoms. The van der Waals surface area contributed by atoms with E-state index in [1.807, 2.05) is 63.2 Å². The van der Waals surface area contributed by atoms with Crippen molar-refractivity contribution >= 4 is 28.5 Å². The third-order valence-corrected chi connectivity index (χ3v) is 7.47. The van der Waals surface area contributed by atoms with Crippen molar-refractivity contribution < 1.29 is 18.7 Å². The molecule has 0 saturated carbocycles. The van der Waals surface area contributed by atoms with Crippen LogP contribution in [-0.2, 0) is 6.54 Å². The molecular weight excluding hydrogens is 514 g/mol. The summed E-state index contributed by atoms with van der Waals surface area (Å²) >= 11 is 6.38. The fraction of sp³-hybridized carbons (Fsp3) is 0.312. The molecule has 0 aliphatic carbocycles. The molecule has 39 heavy (non-hydrogen) atoms. The van der Waals surface area contributed by atoms with Crippen molar-refractivity contribution in [2.75, 3.05) is 13.2 Å². The lowest BCUT2D eigenvalue weighted by Crippen LogP contribution is -2.29. The number of nitrogens with zero attached hydrogens (tertiary/aromatic N) is 1. The molecule has 2 heterocycles. The van der Waals surface area contributed by atoms with Crippen LogP contribution in [0.15, 0.2) is 63.8 Å². The van der Waals surface area contributed by atoms with Crippen LogP contribution in [0.3, 0.4) is 0 Å². The molecule has 202 valence electrons. The monoisotopic (exact) mass is 545 g/mol. The highest BCUT2D eigenvalue weighted by Gasteiger charge is 2.43. The van der Waals surface area contributed by atoms with E-state index in [1.54, 1.807) is 17.0 Å². The number of rotatable bonds is 9. The Balaban J connectivity index is 1.67. The topological polar surface area (TPSA) is 69.0 Å². The van der Waals surface area contributed by atoms with Gasteiger partial charge < -0.3 is 18.8 Å². The molecule has 1 unspecified atom stereocenters. The molecule has 5 rings (SSSR count). The minimum absolute atomic E-state index is 0.0626. The predicted molar refractivity (Wildman–Crippen MR) is 153 cm³/mol. The van der Waals surface area contributed by atoms with E-state index in [0.29, 0.717) is 52.8 Å². The van der Waals surface area contributed by atoms with Crippen LogP contribution in [0.4, 0.5) is 0 Å². The molecular formula is C32H32ClNO5. The standard InChI is InChI=1S/C32H32ClNO5/c1-5-7-14-38-25-13-12-22(16-27(25)37-6-2)29-28-30(35)23-17-24(33)20(4)15-26(23)39-31(28)32(36)34(29)18-21-10-8-19(3)9-11-21/h8-13,15-17,29H,5-7,14,18H2,1-4H3. The summed E-state index contributed by atoms with van der Waals surface area (Å²) in [6.07, 6.45) is 1.95. The Morgan fingerprint density at radius 1 is 0.949 bits per heavy atom. The van der Waals surface area contributed by atoms with Gasteiger partial charge in [-0.2, -0.15) is 0 Å². The van der Waals surface area contributed by atoms with Crippen LogP contribution in [0.1, 0.15) is 71.1 Å². The van der Waals surface area contributed by atoms with E-state index in [1.165, 1.54) is 0 Å². The number of fused-ring (bicyclic) bond motifs is 2. The minimum atomic E-state index is -0.668. The average molecular weight is 546 g/mol. The molecule has 7 heteroatoms. The maximum absolute atomic E-state index is 14.0. The Hall–Kier alpha value is -3.77. The number of carbonyl (C=O) groups is 1. The summed E-state index contributed by atoms with van der Waals surface area (Å²) in [6, 6.07) is 16.3. The van der Waals surface area contributed by atoms with E-state index in [4.69, 9.17) is 25.5 Å². The number of halogens is 1. The summed E-state index contributed by atoms with van der Waals surface area (Å²) in [4.78, 5) is 29.5. The number of hydrogen-bond acceptors (Lipinski definition) is 5. The fourth-order valence-corrected chi connectivity index (χ4v) is 5.11. The van der Waals surface area contributed by atoms with E-state index in [9.17, 15) is 9.59 Å². The minimum Gasteiger partial charge on any atom is -0.490 e. The van der Waals surface area contributed by atoms with Gasteiger partial charge in [0.1, 0.15) is 5.58 Å². The predicted octanol–water partition coefficient (Wildman–Crippen LogP) is 7.39. The van der Waals surface area contributed by atoms with E-state index in [-0.39, 0.29) is 17.1 Å². The van der Waals surface area contributed by atoms with Gasteiger partial charge in [-0.1, -0.05) is 60.8 Å². The zero-order valence-corrected chi connectivity index (χ0v) is 23.4. The fourth-order valence-electron chi connectivity index (χ4n) is 4.95. The second-order valence-corrected chi connectivity index (χ2v) is 10.3. The third-order valence-electron chi connectivity index (χ3n) is 7.06. The smallest absolute Gasteiger partial charge is 0.291 e. The van der Waals surface area contributed by atoms with E-state index in [0.717, 1.165) is 35.1 Å². The molecule has 0 saturated heterocycles. The Morgan fingerprint density at radius 2 is 1.72 bits per heavy atom. The van der Waals surface area contributed by atoms with E-state index >= 15 is 0 Å². The first-order chi connectivity index (χ1) is 18.8. The number of unbranched alkanes of at least 4 members (excludes halogenated alkanes) is 1. The van der Waals surface area contributed by atoms with Gasteiger partial charge in [-0.05, 0) is 68.1 Å². The van der Waals surface area contributed by atoms with Crippen LogP contribution < -0.4 is 14.9 Å². The molecule has 1 amide bonds. The number of benzene rings is 3. The van der Waals surface area contributed by atoms with Crippen LogP contribution in [0.5, 0.6) is 11.5 Å². The van der Waals surface area contributed by atoms with Gasteiger partial charge in [0.25, 0.3) is 5.91 Å². The van der Waals surface area contributed by atoms with Crippen molar-refractivity contribution in [1.82, 2.24) is 4.90 Å². The maximum Gasteiger partial charge on any atom is 0.291 e. The Bertz CT molecular complexity index is 1590. The van der Waals surface area contributed by atoms with Gasteiger partial charge in [-0.25, -0.2) is 0 Å². The second kappa shape index (κ2) is 11.1. The number of aryl methyl sites for hydroxylation is 2. The van der Waals surface area contributed by atoms with E-state index in [2.05, 4.69) is 6.92 Å². The molecule has 0 N–H and O–H groups in total. The zero-order valence-electron chi connectivity index (χ0n) is 22.7. The van der Waals surface area contributed by atoms with Gasteiger partial charge in [-0.3, -0.25) is 9.59 Å². The average Bonchev–Trinajstić information content (AvgIpc) is 3.19. The molecule has 0 spiro atoms. The van der Waals surface area contributed by atoms with Crippen LogP contribution in [0.25, 0.3) is 11.0 Å². The van der Waals surface area contributed by atoms with Crippen molar-refractivity contribution in [2.24, 2.45) is 0 Å². The summed E-state index contributed by atoms with van der Waals surface area (Å²) in [7, 11) is 0. The quantitative estimate of drug-likeness (QED) is 0.205. The normalized spacial score (nSPS) is 14.6. The van der Waals surface area contributed by atoms with Crippen LogP contribution in [0.2, 0.25) is 5.02 Å². The second-order valence-electron chi connectivity index (χ2n) is 9.93.